The van der Waals surface area contributed by atoms with Gasteiger partial charge >= 0.3 is 0 Å². The molecule has 0 fully saturated rings. The van der Waals surface area contributed by atoms with E-state index in [-0.39, 0.29) is 23.1 Å². The highest BCUT2D eigenvalue weighted by molar-refractivity contribution is 7.99. The molecule has 0 radical (unpaired) electrons. The second-order valence-corrected chi connectivity index (χ2v) is 8.66. The van der Waals surface area contributed by atoms with E-state index in [0.29, 0.717) is 22.7 Å². The van der Waals surface area contributed by atoms with Crippen LogP contribution in [0.2, 0.25) is 0 Å². The van der Waals surface area contributed by atoms with Crippen LogP contribution in [0, 0.1) is 27.7 Å². The summed E-state index contributed by atoms with van der Waals surface area (Å²) < 4.78 is 6.91. The van der Waals surface area contributed by atoms with E-state index >= 15 is 0 Å². The van der Waals surface area contributed by atoms with E-state index in [2.05, 4.69) is 13.8 Å². The quantitative estimate of drug-likeness (QED) is 0.309. The molecule has 1 unspecified atom stereocenters. The molecule has 6 heteroatoms. The molecular weight excluding hydrogens is 396 g/mol. The van der Waals surface area contributed by atoms with E-state index < -0.39 is 0 Å². The summed E-state index contributed by atoms with van der Waals surface area (Å²) in [5.41, 5.74) is 5.76. The largest absolute Gasteiger partial charge is 0.383 e. The maximum absolute atomic E-state index is 13.1. The predicted molar refractivity (Wildman–Crippen MR) is 123 cm³/mol. The van der Waals surface area contributed by atoms with E-state index in [1.807, 2.05) is 45.0 Å². The van der Waals surface area contributed by atoms with Gasteiger partial charge in [-0.15, -0.1) is 0 Å². The lowest BCUT2D eigenvalue weighted by Crippen LogP contribution is -2.28. The molecule has 1 atom stereocenters. The zero-order chi connectivity index (χ0) is 22.0. The van der Waals surface area contributed by atoms with Gasteiger partial charge in [0.15, 0.2) is 10.9 Å². The first-order chi connectivity index (χ1) is 14.3. The first-order valence-electron chi connectivity index (χ1n) is 9.99. The number of ketones is 1. The summed E-state index contributed by atoms with van der Waals surface area (Å²) in [5.74, 6) is 0.254. The third-order valence-electron chi connectivity index (χ3n) is 5.74. The molecule has 0 spiro atoms. The van der Waals surface area contributed by atoms with Crippen LogP contribution in [-0.4, -0.2) is 34.8 Å². The molecule has 3 aromatic rings. The third kappa shape index (κ3) is 4.20. The van der Waals surface area contributed by atoms with Crippen molar-refractivity contribution in [2.75, 3.05) is 19.5 Å². The number of thioether (sulfide) groups is 1. The molecule has 0 aliphatic rings. The van der Waals surface area contributed by atoms with E-state index in [0.717, 1.165) is 22.3 Å². The number of Topliss-reactive ketones (excluding diaryl/α,β-unsaturated/α-hetero) is 1. The van der Waals surface area contributed by atoms with Crippen molar-refractivity contribution in [2.24, 2.45) is 0 Å². The van der Waals surface area contributed by atoms with Gasteiger partial charge in [-0.3, -0.25) is 14.2 Å². The Hall–Kier alpha value is -2.44. The summed E-state index contributed by atoms with van der Waals surface area (Å²) in [7, 11) is 1.61. The fraction of sp³-hybridized carbons (Fsp3) is 0.375. The average molecular weight is 425 g/mol. The molecule has 30 heavy (non-hydrogen) atoms. The van der Waals surface area contributed by atoms with Gasteiger partial charge in [0.05, 0.1) is 29.3 Å². The minimum atomic E-state index is -0.192. The van der Waals surface area contributed by atoms with Crippen LogP contribution in [0.4, 0.5) is 0 Å². The summed E-state index contributed by atoms with van der Waals surface area (Å²) in [5, 5.41) is 1.10. The minimum Gasteiger partial charge on any atom is -0.383 e. The second kappa shape index (κ2) is 9.14. The number of aryl methyl sites for hydroxylation is 1. The Morgan fingerprint density at radius 3 is 2.53 bits per heavy atom. The van der Waals surface area contributed by atoms with Crippen molar-refractivity contribution in [3.05, 3.63) is 68.5 Å². The van der Waals surface area contributed by atoms with Crippen molar-refractivity contribution >= 4 is 28.4 Å². The lowest BCUT2D eigenvalue weighted by atomic mass is 9.93. The molecule has 158 valence electrons. The standard InChI is InChI=1S/C24H28N2O3S/c1-14-11-20(18(5)17(4)16(14)3)22(27)13-30-24-25-21-10-8-7-9-19(21)23(28)26(24)15(2)12-29-6/h7-11,15H,12-13H2,1-6H3. The fourth-order valence-corrected chi connectivity index (χ4v) is 4.62. The number of nitrogens with zero attached hydrogens (tertiary/aromatic N) is 2. The van der Waals surface area contributed by atoms with Crippen molar-refractivity contribution in [3.63, 3.8) is 0 Å². The van der Waals surface area contributed by atoms with E-state index in [1.54, 1.807) is 17.7 Å². The smallest absolute Gasteiger partial charge is 0.262 e. The first kappa shape index (κ1) is 22.2. The number of hydrogen-bond donors (Lipinski definition) is 0. The van der Waals surface area contributed by atoms with Crippen molar-refractivity contribution in [2.45, 2.75) is 45.8 Å². The zero-order valence-corrected chi connectivity index (χ0v) is 19.2. The second-order valence-electron chi connectivity index (χ2n) is 7.72. The Bertz CT molecular complexity index is 1170. The van der Waals surface area contributed by atoms with Crippen molar-refractivity contribution in [1.29, 1.82) is 0 Å². The molecule has 0 N–H and O–H groups in total. The number of carbonyl (C=O) groups is 1. The topological polar surface area (TPSA) is 61.2 Å². The molecule has 0 aliphatic carbocycles. The summed E-state index contributed by atoms with van der Waals surface area (Å²) >= 11 is 1.30. The number of fused-ring (bicyclic) bond motifs is 1. The number of aromatic nitrogens is 2. The number of methoxy groups -OCH3 is 1. The van der Waals surface area contributed by atoms with Crippen molar-refractivity contribution in [1.82, 2.24) is 9.55 Å². The Morgan fingerprint density at radius 2 is 1.83 bits per heavy atom. The molecule has 0 amide bonds. The van der Waals surface area contributed by atoms with E-state index in [4.69, 9.17) is 9.72 Å². The summed E-state index contributed by atoms with van der Waals surface area (Å²) in [6, 6.07) is 9.07. The highest BCUT2D eigenvalue weighted by Gasteiger charge is 2.19. The normalized spacial score (nSPS) is 12.3. The number of para-hydroxylation sites is 1. The van der Waals surface area contributed by atoms with E-state index in [1.165, 1.54) is 17.3 Å². The fourth-order valence-electron chi connectivity index (χ4n) is 3.64. The van der Waals surface area contributed by atoms with Gasteiger partial charge in [-0.25, -0.2) is 4.98 Å². The molecule has 0 saturated carbocycles. The van der Waals surface area contributed by atoms with Gasteiger partial charge in [0.2, 0.25) is 0 Å². The highest BCUT2D eigenvalue weighted by Crippen LogP contribution is 2.25. The Balaban J connectivity index is 1.99. The molecule has 1 aromatic heterocycles. The Labute approximate surface area is 181 Å². The molecule has 3 rings (SSSR count). The van der Waals surface area contributed by atoms with Crippen molar-refractivity contribution < 1.29 is 9.53 Å². The molecule has 0 saturated heterocycles. The third-order valence-corrected chi connectivity index (χ3v) is 6.69. The lowest BCUT2D eigenvalue weighted by molar-refractivity contribution is 0.102. The molecular formula is C24H28N2O3S. The van der Waals surface area contributed by atoms with Gasteiger partial charge in [-0.05, 0) is 75.1 Å². The highest BCUT2D eigenvalue weighted by atomic mass is 32.2. The average Bonchev–Trinajstić information content (AvgIpc) is 2.73. The van der Waals surface area contributed by atoms with Crippen molar-refractivity contribution in [3.8, 4) is 0 Å². The first-order valence-corrected chi connectivity index (χ1v) is 11.0. The van der Waals surface area contributed by atoms with Gasteiger partial charge in [-0.2, -0.15) is 0 Å². The Morgan fingerprint density at radius 1 is 1.13 bits per heavy atom. The maximum atomic E-state index is 13.1. The molecule has 2 aromatic carbocycles. The lowest BCUT2D eigenvalue weighted by Gasteiger charge is -2.19. The van der Waals surface area contributed by atoms with Crippen LogP contribution in [0.15, 0.2) is 40.3 Å². The molecule has 5 nitrogen and oxygen atoms in total. The van der Waals surface area contributed by atoms with Gasteiger partial charge in [-0.1, -0.05) is 23.9 Å². The molecule has 0 aliphatic heterocycles. The number of ether oxygens (including phenoxy) is 1. The SMILES string of the molecule is COCC(C)n1c(SCC(=O)c2cc(C)c(C)c(C)c2C)nc2ccccc2c1=O. The van der Waals surface area contributed by atoms with Crippen LogP contribution < -0.4 is 5.56 Å². The summed E-state index contributed by atoms with van der Waals surface area (Å²) in [6.45, 7) is 10.5. The monoisotopic (exact) mass is 424 g/mol. The number of carbonyl (C=O) groups excluding carboxylic acids is 1. The Kier molecular flexibility index (Phi) is 6.78. The number of hydrogen-bond acceptors (Lipinski definition) is 5. The number of rotatable bonds is 7. The van der Waals surface area contributed by atoms with Gasteiger partial charge in [0, 0.05) is 12.7 Å². The number of benzene rings is 2. The van der Waals surface area contributed by atoms with Gasteiger partial charge in [0.25, 0.3) is 5.56 Å². The predicted octanol–water partition coefficient (Wildman–Crippen LogP) is 4.81. The minimum absolute atomic E-state index is 0.0389. The van der Waals surface area contributed by atoms with Crippen LogP contribution in [-0.2, 0) is 4.74 Å². The molecule has 0 bridgehead atoms. The maximum Gasteiger partial charge on any atom is 0.262 e. The molecule has 1 heterocycles. The van der Waals surface area contributed by atoms with Crippen LogP contribution in [0.1, 0.15) is 45.6 Å². The van der Waals surface area contributed by atoms with Gasteiger partial charge < -0.3 is 4.74 Å². The van der Waals surface area contributed by atoms with Crippen LogP contribution in [0.3, 0.4) is 0 Å². The summed E-state index contributed by atoms with van der Waals surface area (Å²) in [6.07, 6.45) is 0. The van der Waals surface area contributed by atoms with Crippen LogP contribution in [0.25, 0.3) is 10.9 Å². The zero-order valence-electron chi connectivity index (χ0n) is 18.4. The van der Waals surface area contributed by atoms with Crippen LogP contribution >= 0.6 is 11.8 Å². The summed E-state index contributed by atoms with van der Waals surface area (Å²) in [4.78, 5) is 30.9. The van der Waals surface area contributed by atoms with Crippen LogP contribution in [0.5, 0.6) is 0 Å². The van der Waals surface area contributed by atoms with E-state index in [9.17, 15) is 9.59 Å². The van der Waals surface area contributed by atoms with Gasteiger partial charge in [0.1, 0.15) is 0 Å².